The maximum absolute atomic E-state index is 12.5. The van der Waals surface area contributed by atoms with E-state index in [-0.39, 0.29) is 18.6 Å². The molecule has 2 aromatic heterocycles. The number of hydrogen-bond donors (Lipinski definition) is 3. The van der Waals surface area contributed by atoms with Crippen LogP contribution in [0.3, 0.4) is 0 Å². The van der Waals surface area contributed by atoms with Gasteiger partial charge >= 0.3 is 6.09 Å². The molecule has 0 radical (unpaired) electrons. The van der Waals surface area contributed by atoms with Crippen LogP contribution in [-0.2, 0) is 22.4 Å². The molecule has 11 heteroatoms. The standard InChI is InChI=1S/C27H34N6O5/c1-15-20-9-17(10-21(20)16(2)30-26(15)37-13-18-5-8-29-18)11-28-7-6-19-12-33(27(35)38-19)23-4-3-22-25(31-23)32-24(34)14-36-22/h3-4,17-19,28-29H,5-14H2,1-2H3,(H,31,32,34)/t17?,18-,19?/m0/s1. The van der Waals surface area contributed by atoms with Gasteiger partial charge in [-0.2, -0.15) is 0 Å². The summed E-state index contributed by atoms with van der Waals surface area (Å²) >= 11 is 0. The largest absolute Gasteiger partial charge is 0.480 e. The summed E-state index contributed by atoms with van der Waals surface area (Å²) < 4.78 is 17.0. The SMILES string of the molecule is Cc1nc(OC[C@@H]2CCN2)c(C)c2c1CC(CNCCC1CN(c3ccc4c(n3)NC(=O)CO4)C(=O)O1)C2. The van der Waals surface area contributed by atoms with E-state index in [0.717, 1.165) is 50.5 Å². The Hall–Kier alpha value is -3.44. The van der Waals surface area contributed by atoms with Crippen molar-refractivity contribution in [3.8, 4) is 11.6 Å². The lowest BCUT2D eigenvalue weighted by atomic mass is 10.0. The van der Waals surface area contributed by atoms with Gasteiger partial charge in [0, 0.05) is 17.3 Å². The van der Waals surface area contributed by atoms with Gasteiger partial charge in [0.05, 0.1) is 6.54 Å². The van der Waals surface area contributed by atoms with Crippen LogP contribution in [0.2, 0.25) is 0 Å². The predicted octanol–water partition coefficient (Wildman–Crippen LogP) is 1.88. The minimum Gasteiger partial charge on any atom is -0.480 e. The number of ether oxygens (including phenoxy) is 3. The molecular weight excluding hydrogens is 488 g/mol. The number of carbonyl (C=O) groups excluding carboxylic acids is 2. The van der Waals surface area contributed by atoms with E-state index < -0.39 is 6.09 Å². The molecule has 202 valence electrons. The molecule has 2 fully saturated rings. The number of fused-ring (bicyclic) bond motifs is 2. The van der Waals surface area contributed by atoms with Crippen molar-refractivity contribution < 1.29 is 23.8 Å². The molecule has 2 aromatic rings. The van der Waals surface area contributed by atoms with Crippen molar-refractivity contribution in [2.45, 2.75) is 51.7 Å². The van der Waals surface area contributed by atoms with Crippen LogP contribution in [0.5, 0.6) is 11.6 Å². The number of amides is 2. The molecule has 2 unspecified atom stereocenters. The van der Waals surface area contributed by atoms with Crippen molar-refractivity contribution in [1.29, 1.82) is 0 Å². The van der Waals surface area contributed by atoms with E-state index in [9.17, 15) is 9.59 Å². The summed E-state index contributed by atoms with van der Waals surface area (Å²) in [7, 11) is 0. The van der Waals surface area contributed by atoms with Crippen LogP contribution in [0.25, 0.3) is 0 Å². The summed E-state index contributed by atoms with van der Waals surface area (Å²) in [5, 5.41) is 9.61. The summed E-state index contributed by atoms with van der Waals surface area (Å²) in [6, 6.07) is 3.85. The van der Waals surface area contributed by atoms with Gasteiger partial charge in [-0.3, -0.25) is 9.69 Å². The topological polar surface area (TPSA) is 127 Å². The van der Waals surface area contributed by atoms with Gasteiger partial charge in [-0.15, -0.1) is 0 Å². The van der Waals surface area contributed by atoms with Crippen LogP contribution in [0, 0.1) is 19.8 Å². The zero-order valence-corrected chi connectivity index (χ0v) is 21.8. The Morgan fingerprint density at radius 3 is 2.84 bits per heavy atom. The van der Waals surface area contributed by atoms with E-state index in [1.54, 1.807) is 12.1 Å². The average Bonchev–Trinajstić information content (AvgIpc) is 3.47. The first-order valence-corrected chi connectivity index (χ1v) is 13.4. The van der Waals surface area contributed by atoms with Crippen molar-refractivity contribution in [3.05, 3.63) is 34.5 Å². The fraction of sp³-hybridized carbons (Fsp3) is 0.556. The third-order valence-corrected chi connectivity index (χ3v) is 7.86. The summed E-state index contributed by atoms with van der Waals surface area (Å²) in [5.41, 5.74) is 5.00. The Morgan fingerprint density at radius 1 is 1.18 bits per heavy atom. The number of nitrogens with zero attached hydrogens (tertiary/aromatic N) is 3. The highest BCUT2D eigenvalue weighted by molar-refractivity contribution is 5.95. The van der Waals surface area contributed by atoms with Crippen LogP contribution in [0.15, 0.2) is 12.1 Å². The number of aromatic nitrogens is 2. The highest BCUT2D eigenvalue weighted by Crippen LogP contribution is 2.35. The number of rotatable bonds is 9. The summed E-state index contributed by atoms with van der Waals surface area (Å²) in [6.45, 7) is 7.98. The monoisotopic (exact) mass is 522 g/mol. The van der Waals surface area contributed by atoms with Gasteiger partial charge in [0.25, 0.3) is 5.91 Å². The third kappa shape index (κ3) is 5.00. The minimum absolute atomic E-state index is 0.0361. The predicted molar refractivity (Wildman–Crippen MR) is 140 cm³/mol. The lowest BCUT2D eigenvalue weighted by Crippen LogP contribution is -2.46. The van der Waals surface area contributed by atoms with Gasteiger partial charge in [-0.05, 0) is 88.3 Å². The van der Waals surface area contributed by atoms with Crippen LogP contribution < -0.4 is 30.3 Å². The number of pyridine rings is 2. The van der Waals surface area contributed by atoms with E-state index in [2.05, 4.69) is 34.8 Å². The molecule has 3 atom stereocenters. The van der Waals surface area contributed by atoms with Crippen molar-refractivity contribution >= 4 is 23.6 Å². The Morgan fingerprint density at radius 2 is 2.03 bits per heavy atom. The smallest absolute Gasteiger partial charge is 0.415 e. The second-order valence-corrected chi connectivity index (χ2v) is 10.6. The Balaban J connectivity index is 0.975. The highest BCUT2D eigenvalue weighted by atomic mass is 16.6. The lowest BCUT2D eigenvalue weighted by molar-refractivity contribution is -0.118. The van der Waals surface area contributed by atoms with Crippen molar-refractivity contribution in [3.63, 3.8) is 0 Å². The van der Waals surface area contributed by atoms with Crippen molar-refractivity contribution in [2.24, 2.45) is 5.92 Å². The molecular formula is C27H34N6O5. The quantitative estimate of drug-likeness (QED) is 0.423. The summed E-state index contributed by atoms with van der Waals surface area (Å²) in [6.07, 6.45) is 3.25. The molecule has 2 amide bonds. The second kappa shape index (κ2) is 10.4. The van der Waals surface area contributed by atoms with Crippen LogP contribution in [0.1, 0.15) is 35.2 Å². The number of anilines is 2. The molecule has 3 N–H and O–H groups in total. The van der Waals surface area contributed by atoms with E-state index in [4.69, 9.17) is 19.2 Å². The second-order valence-electron chi connectivity index (χ2n) is 10.6. The van der Waals surface area contributed by atoms with Gasteiger partial charge < -0.3 is 30.2 Å². The number of cyclic esters (lactones) is 1. The van der Waals surface area contributed by atoms with Crippen LogP contribution in [-0.4, -0.2) is 73.5 Å². The maximum Gasteiger partial charge on any atom is 0.415 e. The first kappa shape index (κ1) is 24.9. The molecule has 4 aliphatic rings. The average molecular weight is 523 g/mol. The van der Waals surface area contributed by atoms with Crippen molar-refractivity contribution in [1.82, 2.24) is 20.6 Å². The maximum atomic E-state index is 12.5. The van der Waals surface area contributed by atoms with Crippen LogP contribution in [0.4, 0.5) is 16.4 Å². The van der Waals surface area contributed by atoms with Gasteiger partial charge in [0.1, 0.15) is 18.5 Å². The molecule has 6 rings (SSSR count). The zero-order chi connectivity index (χ0) is 26.2. The lowest BCUT2D eigenvalue weighted by Gasteiger charge is -2.27. The molecule has 2 saturated heterocycles. The third-order valence-electron chi connectivity index (χ3n) is 7.86. The van der Waals surface area contributed by atoms with Crippen molar-refractivity contribution in [2.75, 3.05) is 49.6 Å². The van der Waals surface area contributed by atoms with Gasteiger partial charge in [0.15, 0.2) is 18.2 Å². The molecule has 0 saturated carbocycles. The normalized spacial score (nSPS) is 23.7. The molecule has 11 nitrogen and oxygen atoms in total. The highest BCUT2D eigenvalue weighted by Gasteiger charge is 2.34. The molecule has 0 spiro atoms. The van der Waals surface area contributed by atoms with E-state index in [0.29, 0.717) is 48.9 Å². The number of hydrogen-bond acceptors (Lipinski definition) is 9. The molecule has 3 aliphatic heterocycles. The van der Waals surface area contributed by atoms with Gasteiger partial charge in [0.2, 0.25) is 5.88 Å². The number of aryl methyl sites for hydroxylation is 1. The molecule has 1 aliphatic carbocycles. The fourth-order valence-electron chi connectivity index (χ4n) is 5.56. The fourth-order valence-corrected chi connectivity index (χ4v) is 5.56. The van der Waals surface area contributed by atoms with E-state index in [1.165, 1.54) is 21.6 Å². The van der Waals surface area contributed by atoms with Gasteiger partial charge in [-0.1, -0.05) is 0 Å². The Bertz CT molecular complexity index is 1250. The summed E-state index contributed by atoms with van der Waals surface area (Å²) in [4.78, 5) is 34.7. The number of carbonyl (C=O) groups is 2. The Labute approximate surface area is 221 Å². The summed E-state index contributed by atoms with van der Waals surface area (Å²) in [5.74, 6) is 2.27. The molecule has 0 aromatic carbocycles. The van der Waals surface area contributed by atoms with Crippen LogP contribution >= 0.6 is 0 Å². The molecule has 38 heavy (non-hydrogen) atoms. The number of nitrogens with one attached hydrogen (secondary N) is 3. The van der Waals surface area contributed by atoms with E-state index >= 15 is 0 Å². The zero-order valence-electron chi connectivity index (χ0n) is 21.8. The first-order valence-electron chi connectivity index (χ1n) is 13.4. The molecule has 5 heterocycles. The first-order chi connectivity index (χ1) is 18.4. The van der Waals surface area contributed by atoms with E-state index in [1.807, 2.05) is 0 Å². The molecule has 0 bridgehead atoms. The minimum atomic E-state index is -0.429. The van der Waals surface area contributed by atoms with Gasteiger partial charge in [-0.25, -0.2) is 14.8 Å². The Kier molecular flexibility index (Phi) is 6.79.